The summed E-state index contributed by atoms with van der Waals surface area (Å²) in [5.41, 5.74) is -0.609. The number of esters is 1. The van der Waals surface area contributed by atoms with E-state index in [2.05, 4.69) is 9.97 Å². The molecular formula is C42H40F4N8O10S2. The van der Waals surface area contributed by atoms with E-state index >= 15 is 0 Å². The number of ether oxygens (including phenoxy) is 1. The first-order valence-corrected chi connectivity index (χ1v) is 22.9. The van der Waals surface area contributed by atoms with Crippen LogP contribution < -0.4 is 19.2 Å². The Balaban J connectivity index is 0.000000248. The number of aromatic carboxylic acids is 1. The van der Waals surface area contributed by atoms with E-state index in [1.807, 2.05) is 35.4 Å². The Morgan fingerprint density at radius 3 is 1.61 bits per heavy atom. The Morgan fingerprint density at radius 2 is 1.18 bits per heavy atom. The van der Waals surface area contributed by atoms with Crippen LogP contribution in [-0.4, -0.2) is 88.4 Å². The highest BCUT2D eigenvalue weighted by Crippen LogP contribution is 2.33. The molecule has 6 rings (SSSR count). The van der Waals surface area contributed by atoms with Crippen LogP contribution in [0.3, 0.4) is 0 Å². The molecule has 348 valence electrons. The van der Waals surface area contributed by atoms with Gasteiger partial charge in [0.15, 0.2) is 0 Å². The number of carbonyl (C=O) groups is 4. The third kappa shape index (κ3) is 12.3. The van der Waals surface area contributed by atoms with Gasteiger partial charge in [-0.25, -0.2) is 54.0 Å². The van der Waals surface area contributed by atoms with Gasteiger partial charge in [-0.3, -0.25) is 19.0 Å². The number of carboxylic acids is 1. The quantitative estimate of drug-likeness (QED) is 0.110. The summed E-state index contributed by atoms with van der Waals surface area (Å²) in [5.74, 6) is -6.73. The lowest BCUT2D eigenvalue weighted by Gasteiger charge is -2.39. The number of hydrogen-bond donors (Lipinski definition) is 3. The number of aryl methyl sites for hydroxylation is 2. The average Bonchev–Trinajstić information content (AvgIpc) is 3.19. The van der Waals surface area contributed by atoms with Crippen LogP contribution in [0.5, 0.6) is 0 Å². The highest BCUT2D eigenvalue weighted by molar-refractivity contribution is 7.89. The third-order valence-corrected chi connectivity index (χ3v) is 12.4. The molecule has 2 amide bonds. The summed E-state index contributed by atoms with van der Waals surface area (Å²) in [6, 6.07) is 19.0. The molecule has 2 aliphatic heterocycles. The van der Waals surface area contributed by atoms with Crippen molar-refractivity contribution in [3.05, 3.63) is 117 Å². The summed E-state index contributed by atoms with van der Waals surface area (Å²) in [5, 5.41) is 27.8. The molecule has 18 nitrogen and oxygen atoms in total. The second kappa shape index (κ2) is 20.8. The number of nitrogens with zero attached hydrogens (tertiary/aromatic N) is 6. The number of nitriles is 2. The van der Waals surface area contributed by atoms with Gasteiger partial charge in [-0.05, 0) is 44.0 Å². The Hall–Kier alpha value is -7.18. The fourth-order valence-corrected chi connectivity index (χ4v) is 9.00. The molecule has 24 heteroatoms. The fraction of sp³-hybridized carbons (Fsp3) is 0.333. The molecular weight excluding hydrogens is 917 g/mol. The van der Waals surface area contributed by atoms with E-state index < -0.39 is 91.0 Å². The van der Waals surface area contributed by atoms with Crippen molar-refractivity contribution in [3.63, 3.8) is 0 Å². The van der Waals surface area contributed by atoms with Crippen LogP contribution in [0.1, 0.15) is 85.3 Å². The number of aromatic nitrogens is 2. The zero-order chi connectivity index (χ0) is 48.7. The van der Waals surface area contributed by atoms with Gasteiger partial charge in [-0.2, -0.15) is 10.5 Å². The van der Waals surface area contributed by atoms with Crippen LogP contribution in [0, 0.1) is 48.3 Å². The van der Waals surface area contributed by atoms with Gasteiger partial charge in [0.1, 0.15) is 35.2 Å². The zero-order valence-electron chi connectivity index (χ0n) is 35.2. The summed E-state index contributed by atoms with van der Waals surface area (Å²) in [6.45, 7) is 4.95. The first kappa shape index (κ1) is 49.8. The highest BCUT2D eigenvalue weighted by atomic mass is 32.2. The Kier molecular flexibility index (Phi) is 15.7. The van der Waals surface area contributed by atoms with E-state index in [0.717, 1.165) is 23.3 Å². The molecule has 0 atom stereocenters. The monoisotopic (exact) mass is 956 g/mol. The molecule has 0 aliphatic carbocycles. The molecule has 4 aromatic rings. The number of alkyl halides is 4. The van der Waals surface area contributed by atoms with Gasteiger partial charge >= 0.3 is 11.9 Å². The maximum atomic E-state index is 13.5. The van der Waals surface area contributed by atoms with Crippen molar-refractivity contribution in [1.29, 1.82) is 10.5 Å². The van der Waals surface area contributed by atoms with Crippen LogP contribution in [0.2, 0.25) is 0 Å². The highest BCUT2D eigenvalue weighted by Gasteiger charge is 2.39. The van der Waals surface area contributed by atoms with Crippen molar-refractivity contribution in [2.24, 2.45) is 11.8 Å². The molecule has 2 aliphatic rings. The SMILES string of the molecule is CCOC(=O)c1cc(C#N)c(N2CC(C(=O)NS(=O)(=O)Cc3ccc(C)cc3)C2)nc1C(F)F.Cc1cccc(CS(=O)(=O)NC(=O)C2CN(c3nc(C(F)F)c(C(=O)O)cc3C#N)C2)c1. The number of pyridine rings is 2. The normalized spacial score (nSPS) is 13.9. The third-order valence-electron chi connectivity index (χ3n) is 9.98. The van der Waals surface area contributed by atoms with E-state index in [9.17, 15) is 64.1 Å². The van der Waals surface area contributed by atoms with Crippen LogP contribution in [-0.2, 0) is 45.9 Å². The average molecular weight is 957 g/mol. The summed E-state index contributed by atoms with van der Waals surface area (Å²) in [7, 11) is -7.89. The van der Waals surface area contributed by atoms with E-state index in [1.165, 1.54) is 16.7 Å². The molecule has 2 aromatic heterocycles. The van der Waals surface area contributed by atoms with Crippen molar-refractivity contribution in [3.8, 4) is 12.1 Å². The number of amides is 2. The summed E-state index contributed by atoms with van der Waals surface area (Å²) < 4.78 is 112. The molecule has 0 bridgehead atoms. The van der Waals surface area contributed by atoms with E-state index in [1.54, 1.807) is 48.5 Å². The summed E-state index contributed by atoms with van der Waals surface area (Å²) in [6.07, 6.45) is -6.28. The second-order valence-electron chi connectivity index (χ2n) is 15.1. The smallest absolute Gasteiger partial charge is 0.340 e. The number of sulfonamides is 2. The molecule has 2 aromatic carbocycles. The minimum absolute atomic E-state index is 0.0327. The van der Waals surface area contributed by atoms with Crippen molar-refractivity contribution in [2.75, 3.05) is 42.6 Å². The number of nitrogens with one attached hydrogen (secondary N) is 2. The van der Waals surface area contributed by atoms with Gasteiger partial charge in [0.05, 0.1) is 52.2 Å². The van der Waals surface area contributed by atoms with Crippen molar-refractivity contribution in [1.82, 2.24) is 19.4 Å². The lowest BCUT2D eigenvalue weighted by Crippen LogP contribution is -2.55. The van der Waals surface area contributed by atoms with Crippen molar-refractivity contribution < 1.29 is 63.4 Å². The van der Waals surface area contributed by atoms with Gasteiger partial charge in [-0.1, -0.05) is 59.7 Å². The number of carboxylic acid groups (broad SMARTS) is 1. The molecule has 2 fully saturated rings. The molecule has 0 saturated carbocycles. The van der Waals surface area contributed by atoms with Crippen LogP contribution in [0.4, 0.5) is 29.2 Å². The number of benzene rings is 2. The van der Waals surface area contributed by atoms with E-state index in [0.29, 0.717) is 11.1 Å². The lowest BCUT2D eigenvalue weighted by atomic mass is 9.98. The predicted octanol–water partition coefficient (Wildman–Crippen LogP) is 4.44. The summed E-state index contributed by atoms with van der Waals surface area (Å²) in [4.78, 5) is 58.1. The van der Waals surface area contributed by atoms with E-state index in [-0.39, 0.29) is 67.1 Å². The first-order chi connectivity index (χ1) is 31.0. The minimum atomic E-state index is -3.95. The molecule has 0 radical (unpaired) electrons. The maximum Gasteiger partial charge on any atom is 0.340 e. The minimum Gasteiger partial charge on any atom is -0.478 e. The molecule has 2 saturated heterocycles. The Morgan fingerprint density at radius 1 is 0.727 bits per heavy atom. The van der Waals surface area contributed by atoms with Crippen molar-refractivity contribution in [2.45, 2.75) is 45.1 Å². The lowest BCUT2D eigenvalue weighted by molar-refractivity contribution is -0.124. The number of anilines is 2. The number of rotatable bonds is 15. The standard InChI is InChI=1S/C22H22F2N4O5S.C20H18F2N4O5S/c1-3-33-22(30)17-8-15(9-25)20(26-18(17)19(23)24)28-10-16(11-28)21(29)27-34(31,32)12-14-6-4-13(2)5-7-14;1-11-3-2-4-12(5-11)10-32(30,31)25-19(27)14-8-26(9-14)18-13(7-23)6-15(20(28)29)16(24-18)17(21)22/h4-8,16,19H,3,10-12H2,1-2H3,(H,27,29);2-6,14,17H,8-10H2,1H3,(H,25,27)(H,28,29). The van der Waals surface area contributed by atoms with Crippen LogP contribution in [0.25, 0.3) is 0 Å². The van der Waals surface area contributed by atoms with E-state index in [4.69, 9.17) is 9.84 Å². The fourth-order valence-electron chi connectivity index (χ4n) is 6.66. The molecule has 4 heterocycles. The molecule has 0 unspecified atom stereocenters. The van der Waals surface area contributed by atoms with Gasteiger partial charge in [-0.15, -0.1) is 0 Å². The number of carbonyl (C=O) groups excluding carboxylic acids is 3. The molecule has 3 N–H and O–H groups in total. The first-order valence-electron chi connectivity index (χ1n) is 19.6. The Labute approximate surface area is 375 Å². The molecule has 66 heavy (non-hydrogen) atoms. The Bertz CT molecular complexity index is 2840. The second-order valence-corrected chi connectivity index (χ2v) is 18.5. The van der Waals surface area contributed by atoms with Gasteiger partial charge in [0, 0.05) is 26.2 Å². The van der Waals surface area contributed by atoms with Crippen LogP contribution >= 0.6 is 0 Å². The number of hydrogen-bond acceptors (Lipinski definition) is 15. The zero-order valence-corrected chi connectivity index (χ0v) is 36.8. The van der Waals surface area contributed by atoms with Gasteiger partial charge < -0.3 is 19.6 Å². The maximum absolute atomic E-state index is 13.5. The van der Waals surface area contributed by atoms with Crippen molar-refractivity contribution >= 4 is 55.4 Å². The molecule has 0 spiro atoms. The predicted molar refractivity (Wildman–Crippen MR) is 226 cm³/mol. The summed E-state index contributed by atoms with van der Waals surface area (Å²) >= 11 is 0. The largest absolute Gasteiger partial charge is 0.478 e. The number of halogens is 4. The topological polar surface area (TPSA) is 270 Å². The van der Waals surface area contributed by atoms with Gasteiger partial charge in [0.2, 0.25) is 31.9 Å². The van der Waals surface area contributed by atoms with Crippen LogP contribution in [0.15, 0.2) is 60.7 Å². The van der Waals surface area contributed by atoms with Gasteiger partial charge in [0.25, 0.3) is 12.9 Å².